The van der Waals surface area contributed by atoms with Crippen molar-refractivity contribution in [1.29, 1.82) is 5.26 Å². The van der Waals surface area contributed by atoms with Crippen molar-refractivity contribution < 1.29 is 9.53 Å². The summed E-state index contributed by atoms with van der Waals surface area (Å²) in [6, 6.07) is 17.0. The van der Waals surface area contributed by atoms with Crippen LogP contribution < -0.4 is 10.2 Å². The number of nitrogens with one attached hydrogen (secondary N) is 1. The average Bonchev–Trinajstić information content (AvgIpc) is 3.01. The van der Waals surface area contributed by atoms with Crippen molar-refractivity contribution in [3.63, 3.8) is 0 Å². The van der Waals surface area contributed by atoms with E-state index in [9.17, 15) is 4.79 Å². The molecule has 0 radical (unpaired) electrons. The SMILES string of the molecule is N#Cc1ccccc1OCC(=O)NN=C1Cc2ccccc2C1. The Labute approximate surface area is 134 Å². The standard InChI is InChI=1S/C18H15N3O2/c19-11-15-7-3-4-8-17(15)23-12-18(22)21-20-16-9-13-5-1-2-6-14(13)10-16/h1-8H,9-10,12H2,(H,21,22). The van der Waals surface area contributed by atoms with Crippen LogP contribution in [0.15, 0.2) is 53.6 Å². The number of nitriles is 1. The Morgan fingerprint density at radius 3 is 2.48 bits per heavy atom. The van der Waals surface area contributed by atoms with Crippen molar-refractivity contribution in [1.82, 2.24) is 5.43 Å². The monoisotopic (exact) mass is 305 g/mol. The van der Waals surface area contributed by atoms with E-state index in [0.29, 0.717) is 11.3 Å². The second-order valence-corrected chi connectivity index (χ2v) is 5.23. The number of nitrogens with zero attached hydrogens (tertiary/aromatic N) is 2. The molecule has 0 fully saturated rings. The molecule has 0 heterocycles. The fourth-order valence-electron chi connectivity index (χ4n) is 2.49. The maximum atomic E-state index is 11.8. The van der Waals surface area contributed by atoms with Gasteiger partial charge in [-0.3, -0.25) is 4.79 Å². The Bertz CT molecular complexity index is 779. The number of benzene rings is 2. The van der Waals surface area contributed by atoms with Crippen molar-refractivity contribution in [2.75, 3.05) is 6.61 Å². The van der Waals surface area contributed by atoms with E-state index in [2.05, 4.69) is 22.7 Å². The van der Waals surface area contributed by atoms with E-state index in [0.717, 1.165) is 18.6 Å². The smallest absolute Gasteiger partial charge is 0.277 e. The fourth-order valence-corrected chi connectivity index (χ4v) is 2.49. The number of para-hydroxylation sites is 1. The highest BCUT2D eigenvalue weighted by Gasteiger charge is 2.16. The van der Waals surface area contributed by atoms with Crippen LogP contribution in [0.4, 0.5) is 0 Å². The molecule has 2 aromatic carbocycles. The van der Waals surface area contributed by atoms with Gasteiger partial charge in [-0.15, -0.1) is 0 Å². The van der Waals surface area contributed by atoms with Gasteiger partial charge in [0.2, 0.25) is 0 Å². The zero-order valence-corrected chi connectivity index (χ0v) is 12.5. The number of carbonyl (C=O) groups is 1. The quantitative estimate of drug-likeness (QED) is 0.880. The van der Waals surface area contributed by atoms with E-state index in [1.807, 2.05) is 18.2 Å². The lowest BCUT2D eigenvalue weighted by Gasteiger charge is -2.06. The van der Waals surface area contributed by atoms with Crippen LogP contribution in [-0.4, -0.2) is 18.2 Å². The minimum Gasteiger partial charge on any atom is -0.482 e. The Morgan fingerprint density at radius 2 is 1.78 bits per heavy atom. The zero-order chi connectivity index (χ0) is 16.1. The third-order valence-corrected chi connectivity index (χ3v) is 3.61. The lowest BCUT2D eigenvalue weighted by molar-refractivity contribution is -0.123. The molecule has 0 atom stereocenters. The van der Waals surface area contributed by atoms with E-state index in [4.69, 9.17) is 10.00 Å². The summed E-state index contributed by atoms with van der Waals surface area (Å²) in [7, 11) is 0. The molecule has 5 nitrogen and oxygen atoms in total. The molecule has 0 unspecified atom stereocenters. The minimum absolute atomic E-state index is 0.178. The molecule has 3 rings (SSSR count). The largest absolute Gasteiger partial charge is 0.482 e. The number of rotatable bonds is 4. The van der Waals surface area contributed by atoms with Crippen LogP contribution in [-0.2, 0) is 17.6 Å². The van der Waals surface area contributed by atoms with E-state index >= 15 is 0 Å². The van der Waals surface area contributed by atoms with Gasteiger partial charge in [0, 0.05) is 18.6 Å². The molecule has 1 aliphatic rings. The molecule has 0 saturated carbocycles. The molecule has 0 aromatic heterocycles. The number of hydrogen-bond donors (Lipinski definition) is 1. The third kappa shape index (κ3) is 3.55. The van der Waals surface area contributed by atoms with Gasteiger partial charge in [-0.2, -0.15) is 10.4 Å². The van der Waals surface area contributed by atoms with Gasteiger partial charge >= 0.3 is 0 Å². The van der Waals surface area contributed by atoms with Gasteiger partial charge in [0.05, 0.1) is 5.56 Å². The van der Waals surface area contributed by atoms with Crippen molar-refractivity contribution in [2.45, 2.75) is 12.8 Å². The first kappa shape index (κ1) is 14.8. The molecule has 5 heteroatoms. The first-order chi connectivity index (χ1) is 11.3. The average molecular weight is 305 g/mol. The Balaban J connectivity index is 1.53. The van der Waals surface area contributed by atoms with Gasteiger partial charge in [-0.25, -0.2) is 5.43 Å². The van der Waals surface area contributed by atoms with Crippen LogP contribution in [0.5, 0.6) is 5.75 Å². The molecule has 23 heavy (non-hydrogen) atoms. The minimum atomic E-state index is -0.346. The lowest BCUT2D eigenvalue weighted by Crippen LogP contribution is -2.26. The predicted molar refractivity (Wildman–Crippen MR) is 86.1 cm³/mol. The molecule has 0 spiro atoms. The van der Waals surface area contributed by atoms with Crippen LogP contribution >= 0.6 is 0 Å². The maximum absolute atomic E-state index is 11.8. The summed E-state index contributed by atoms with van der Waals surface area (Å²) in [6.07, 6.45) is 1.52. The van der Waals surface area contributed by atoms with Gasteiger partial charge < -0.3 is 4.74 Å². The summed E-state index contributed by atoms with van der Waals surface area (Å²) in [5.41, 5.74) is 6.34. The van der Waals surface area contributed by atoms with Crippen molar-refractivity contribution >= 4 is 11.6 Å². The summed E-state index contributed by atoms with van der Waals surface area (Å²) in [6.45, 7) is -0.178. The van der Waals surface area contributed by atoms with Gasteiger partial charge in [0.15, 0.2) is 6.61 Å². The number of hydrazone groups is 1. The maximum Gasteiger partial charge on any atom is 0.277 e. The van der Waals surface area contributed by atoms with Crippen LogP contribution in [0, 0.1) is 11.3 Å². The Kier molecular flexibility index (Phi) is 4.34. The molecule has 1 N–H and O–H groups in total. The summed E-state index contributed by atoms with van der Waals surface area (Å²) in [4.78, 5) is 11.8. The van der Waals surface area contributed by atoms with Crippen LogP contribution in [0.2, 0.25) is 0 Å². The van der Waals surface area contributed by atoms with Crippen molar-refractivity contribution in [3.05, 3.63) is 65.2 Å². The van der Waals surface area contributed by atoms with Gasteiger partial charge in [-0.1, -0.05) is 36.4 Å². The second-order valence-electron chi connectivity index (χ2n) is 5.23. The van der Waals surface area contributed by atoms with Gasteiger partial charge in [0.1, 0.15) is 11.8 Å². The normalized spacial score (nSPS) is 12.2. The van der Waals surface area contributed by atoms with Crippen molar-refractivity contribution in [3.8, 4) is 11.8 Å². The number of fused-ring (bicyclic) bond motifs is 1. The van der Waals surface area contributed by atoms with Crippen molar-refractivity contribution in [2.24, 2.45) is 5.10 Å². The molecule has 114 valence electrons. The van der Waals surface area contributed by atoms with Gasteiger partial charge in [-0.05, 0) is 23.3 Å². The fraction of sp³-hybridized carbons (Fsp3) is 0.167. The molecule has 2 aromatic rings. The number of amides is 1. The summed E-state index contributed by atoms with van der Waals surface area (Å²) >= 11 is 0. The number of hydrogen-bond acceptors (Lipinski definition) is 4. The molecular weight excluding hydrogens is 290 g/mol. The second kappa shape index (κ2) is 6.75. The topological polar surface area (TPSA) is 74.5 Å². The first-order valence-corrected chi connectivity index (χ1v) is 7.29. The highest BCUT2D eigenvalue weighted by molar-refractivity contribution is 5.93. The molecule has 0 aliphatic heterocycles. The summed E-state index contributed by atoms with van der Waals surface area (Å²) in [5.74, 6) is 0.0484. The van der Waals surface area contributed by atoms with Crippen LogP contribution in [0.25, 0.3) is 0 Å². The van der Waals surface area contributed by atoms with E-state index in [1.54, 1.807) is 24.3 Å². The number of carbonyl (C=O) groups excluding carboxylic acids is 1. The van der Waals surface area contributed by atoms with Crippen LogP contribution in [0.3, 0.4) is 0 Å². The van der Waals surface area contributed by atoms with E-state index in [-0.39, 0.29) is 12.5 Å². The molecule has 0 saturated heterocycles. The molecular formula is C18H15N3O2. The Hall–Kier alpha value is -3.13. The predicted octanol–water partition coefficient (Wildman–Crippen LogP) is 2.21. The molecule has 1 aliphatic carbocycles. The van der Waals surface area contributed by atoms with E-state index < -0.39 is 0 Å². The van der Waals surface area contributed by atoms with Gasteiger partial charge in [0.25, 0.3) is 5.91 Å². The highest BCUT2D eigenvalue weighted by atomic mass is 16.5. The summed E-state index contributed by atoms with van der Waals surface area (Å²) < 4.78 is 5.36. The Morgan fingerprint density at radius 1 is 1.13 bits per heavy atom. The summed E-state index contributed by atoms with van der Waals surface area (Å²) in [5, 5.41) is 13.1. The first-order valence-electron chi connectivity index (χ1n) is 7.29. The zero-order valence-electron chi connectivity index (χ0n) is 12.5. The van der Waals surface area contributed by atoms with E-state index in [1.165, 1.54) is 11.1 Å². The molecule has 0 bridgehead atoms. The van der Waals surface area contributed by atoms with Crippen LogP contribution in [0.1, 0.15) is 16.7 Å². The number of ether oxygens (including phenoxy) is 1. The highest BCUT2D eigenvalue weighted by Crippen LogP contribution is 2.19. The third-order valence-electron chi connectivity index (χ3n) is 3.61. The lowest BCUT2D eigenvalue weighted by atomic mass is 10.1. The molecule has 1 amide bonds.